The first-order valence-corrected chi connectivity index (χ1v) is 7.32. The Balaban J connectivity index is 1.81. The van der Waals surface area contributed by atoms with E-state index in [0.717, 1.165) is 5.56 Å². The van der Waals surface area contributed by atoms with Crippen LogP contribution in [0.15, 0.2) is 36.5 Å². The smallest absolute Gasteiger partial charge is 0.303 e. The monoisotopic (exact) mass is 330 g/mol. The van der Waals surface area contributed by atoms with Crippen LogP contribution in [-0.2, 0) is 23.1 Å². The molecule has 2 rings (SSSR count). The second-order valence-electron chi connectivity index (χ2n) is 5.16. The molecule has 0 bridgehead atoms. The van der Waals surface area contributed by atoms with E-state index in [9.17, 15) is 14.4 Å². The third-order valence-electron chi connectivity index (χ3n) is 3.33. The first kappa shape index (κ1) is 17.2. The van der Waals surface area contributed by atoms with Crippen molar-refractivity contribution in [2.75, 3.05) is 11.9 Å². The number of aryl methyl sites for hydroxylation is 2. The van der Waals surface area contributed by atoms with Crippen LogP contribution in [0.1, 0.15) is 22.5 Å². The van der Waals surface area contributed by atoms with Gasteiger partial charge in [-0.05, 0) is 30.2 Å². The number of nitrogens with one attached hydrogen (secondary N) is 2. The summed E-state index contributed by atoms with van der Waals surface area (Å²) in [5.74, 6) is -1.59. The fourth-order valence-electron chi connectivity index (χ4n) is 2.06. The van der Waals surface area contributed by atoms with Crippen LogP contribution in [0.2, 0.25) is 0 Å². The van der Waals surface area contributed by atoms with Crippen LogP contribution in [-0.4, -0.2) is 39.2 Å². The predicted octanol–water partition coefficient (Wildman–Crippen LogP) is 0.806. The van der Waals surface area contributed by atoms with Crippen LogP contribution >= 0.6 is 0 Å². The van der Waals surface area contributed by atoms with Gasteiger partial charge in [-0.1, -0.05) is 12.1 Å². The number of carbonyl (C=O) groups is 3. The van der Waals surface area contributed by atoms with Gasteiger partial charge in [0.1, 0.15) is 5.69 Å². The van der Waals surface area contributed by atoms with E-state index in [1.165, 1.54) is 10.9 Å². The average molecular weight is 330 g/mol. The van der Waals surface area contributed by atoms with Gasteiger partial charge in [0.25, 0.3) is 5.91 Å². The predicted molar refractivity (Wildman–Crippen MR) is 86.6 cm³/mol. The molecular formula is C16H18N4O4. The Bertz CT molecular complexity index is 737. The molecular weight excluding hydrogens is 312 g/mol. The molecule has 2 aromatic rings. The minimum Gasteiger partial charge on any atom is -0.481 e. The maximum atomic E-state index is 11.9. The minimum absolute atomic E-state index is 0.0613. The number of aliphatic carboxylic acids is 1. The van der Waals surface area contributed by atoms with E-state index >= 15 is 0 Å². The Labute approximate surface area is 138 Å². The summed E-state index contributed by atoms with van der Waals surface area (Å²) in [6, 6.07) is 8.46. The minimum atomic E-state index is -0.850. The maximum absolute atomic E-state index is 11.9. The number of carbonyl (C=O) groups excluding carboxylic acids is 2. The van der Waals surface area contributed by atoms with Gasteiger partial charge in [0, 0.05) is 25.4 Å². The zero-order valence-corrected chi connectivity index (χ0v) is 13.2. The van der Waals surface area contributed by atoms with E-state index < -0.39 is 5.97 Å². The molecule has 0 radical (unpaired) electrons. The third-order valence-corrected chi connectivity index (χ3v) is 3.33. The maximum Gasteiger partial charge on any atom is 0.303 e. The number of carboxylic acids is 1. The highest BCUT2D eigenvalue weighted by Gasteiger charge is 2.11. The molecule has 0 spiro atoms. The number of aromatic nitrogens is 2. The lowest BCUT2D eigenvalue weighted by molar-refractivity contribution is -0.137. The number of nitrogens with zero attached hydrogens (tertiary/aromatic N) is 2. The summed E-state index contributed by atoms with van der Waals surface area (Å²) in [7, 11) is 1.64. The van der Waals surface area contributed by atoms with Gasteiger partial charge in [-0.15, -0.1) is 0 Å². The van der Waals surface area contributed by atoms with Crippen molar-refractivity contribution in [3.05, 3.63) is 47.8 Å². The molecule has 3 N–H and O–H groups in total. The number of rotatable bonds is 7. The number of benzene rings is 1. The summed E-state index contributed by atoms with van der Waals surface area (Å²) in [4.78, 5) is 34.2. The summed E-state index contributed by atoms with van der Waals surface area (Å²) >= 11 is 0. The number of amides is 2. The highest BCUT2D eigenvalue weighted by atomic mass is 16.4. The Hall–Kier alpha value is -3.16. The zero-order valence-electron chi connectivity index (χ0n) is 13.2. The fraction of sp³-hybridized carbons (Fsp3) is 0.250. The number of carboxylic acid groups (broad SMARTS) is 1. The molecule has 8 heteroatoms. The normalized spacial score (nSPS) is 10.2. The van der Waals surface area contributed by atoms with Crippen molar-refractivity contribution in [1.29, 1.82) is 0 Å². The van der Waals surface area contributed by atoms with Crippen LogP contribution in [0.5, 0.6) is 0 Å². The Morgan fingerprint density at radius 3 is 2.46 bits per heavy atom. The number of hydrogen-bond donors (Lipinski definition) is 3. The quantitative estimate of drug-likeness (QED) is 0.695. The summed E-state index contributed by atoms with van der Waals surface area (Å²) in [5, 5.41) is 17.7. The van der Waals surface area contributed by atoms with Crippen LogP contribution < -0.4 is 10.6 Å². The van der Waals surface area contributed by atoms with Crippen LogP contribution in [0.25, 0.3) is 0 Å². The van der Waals surface area contributed by atoms with E-state index in [1.54, 1.807) is 37.4 Å². The van der Waals surface area contributed by atoms with E-state index in [4.69, 9.17) is 5.11 Å². The van der Waals surface area contributed by atoms with Gasteiger partial charge in [-0.2, -0.15) is 5.10 Å². The van der Waals surface area contributed by atoms with Crippen molar-refractivity contribution in [2.24, 2.45) is 7.05 Å². The molecule has 0 unspecified atom stereocenters. The summed E-state index contributed by atoms with van der Waals surface area (Å²) < 4.78 is 1.42. The molecule has 2 amide bonds. The summed E-state index contributed by atoms with van der Waals surface area (Å²) in [5.41, 5.74) is 1.82. The topological polar surface area (TPSA) is 113 Å². The highest BCUT2D eigenvalue weighted by Crippen LogP contribution is 2.11. The van der Waals surface area contributed by atoms with Gasteiger partial charge in [-0.3, -0.25) is 19.1 Å². The average Bonchev–Trinajstić information content (AvgIpc) is 2.98. The molecule has 8 nitrogen and oxygen atoms in total. The molecule has 0 aliphatic rings. The van der Waals surface area contributed by atoms with E-state index in [0.29, 0.717) is 17.8 Å². The second-order valence-corrected chi connectivity index (χ2v) is 5.16. The highest BCUT2D eigenvalue weighted by molar-refractivity contribution is 5.98. The zero-order chi connectivity index (χ0) is 17.5. The van der Waals surface area contributed by atoms with Crippen molar-refractivity contribution in [3.8, 4) is 0 Å². The Morgan fingerprint density at radius 2 is 1.88 bits per heavy atom. The van der Waals surface area contributed by atoms with Gasteiger partial charge < -0.3 is 15.7 Å². The molecule has 0 aliphatic carbocycles. The standard InChI is InChI=1S/C16H18N4O4/c1-20-13(8-9-18-20)16(24)17-10-14(21)19-12-5-2-11(3-6-12)4-7-15(22)23/h2-3,5-6,8-9H,4,7,10H2,1H3,(H,17,24)(H,19,21)(H,22,23). The van der Waals surface area contributed by atoms with Crippen LogP contribution in [0, 0.1) is 0 Å². The summed E-state index contributed by atoms with van der Waals surface area (Å²) in [6.07, 6.45) is 2.00. The van der Waals surface area contributed by atoms with Gasteiger partial charge >= 0.3 is 5.97 Å². The van der Waals surface area contributed by atoms with E-state index in [1.807, 2.05) is 0 Å². The van der Waals surface area contributed by atoms with Crippen LogP contribution in [0.3, 0.4) is 0 Å². The lowest BCUT2D eigenvalue weighted by Crippen LogP contribution is -2.33. The van der Waals surface area contributed by atoms with Gasteiger partial charge in [0.05, 0.1) is 6.54 Å². The molecule has 0 fully saturated rings. The van der Waals surface area contributed by atoms with Crippen molar-refractivity contribution in [1.82, 2.24) is 15.1 Å². The van der Waals surface area contributed by atoms with Gasteiger partial charge in [0.2, 0.25) is 5.91 Å². The van der Waals surface area contributed by atoms with E-state index in [-0.39, 0.29) is 24.8 Å². The Kier molecular flexibility index (Phi) is 5.67. The molecule has 0 saturated carbocycles. The van der Waals surface area contributed by atoms with Crippen molar-refractivity contribution >= 4 is 23.5 Å². The lowest BCUT2D eigenvalue weighted by Gasteiger charge is -2.08. The SMILES string of the molecule is Cn1nccc1C(=O)NCC(=O)Nc1ccc(CCC(=O)O)cc1. The van der Waals surface area contributed by atoms with Crippen molar-refractivity contribution in [2.45, 2.75) is 12.8 Å². The Morgan fingerprint density at radius 1 is 1.17 bits per heavy atom. The first-order valence-electron chi connectivity index (χ1n) is 7.32. The van der Waals surface area contributed by atoms with Crippen LogP contribution in [0.4, 0.5) is 5.69 Å². The van der Waals surface area contributed by atoms with Crippen molar-refractivity contribution < 1.29 is 19.5 Å². The van der Waals surface area contributed by atoms with Gasteiger partial charge in [-0.25, -0.2) is 0 Å². The molecule has 126 valence electrons. The molecule has 1 aromatic heterocycles. The van der Waals surface area contributed by atoms with Crippen molar-refractivity contribution in [3.63, 3.8) is 0 Å². The fourth-order valence-corrected chi connectivity index (χ4v) is 2.06. The second kappa shape index (κ2) is 7.91. The summed E-state index contributed by atoms with van der Waals surface area (Å²) in [6.45, 7) is -0.162. The third kappa shape index (κ3) is 4.94. The molecule has 24 heavy (non-hydrogen) atoms. The van der Waals surface area contributed by atoms with E-state index in [2.05, 4.69) is 15.7 Å². The molecule has 0 atom stereocenters. The molecule has 0 saturated heterocycles. The largest absolute Gasteiger partial charge is 0.481 e. The van der Waals surface area contributed by atoms with Gasteiger partial charge in [0.15, 0.2) is 0 Å². The molecule has 0 aliphatic heterocycles. The molecule has 1 aromatic carbocycles. The number of hydrogen-bond acceptors (Lipinski definition) is 4. The molecule has 1 heterocycles. The lowest BCUT2D eigenvalue weighted by atomic mass is 10.1. The number of anilines is 1. The first-order chi connectivity index (χ1) is 11.5.